The predicted octanol–water partition coefficient (Wildman–Crippen LogP) is 0.891. The molecule has 3 heterocycles. The zero-order valence-electron chi connectivity index (χ0n) is 12.0. The van der Waals surface area contributed by atoms with Crippen molar-refractivity contribution in [2.24, 2.45) is 5.92 Å². The zero-order valence-corrected chi connectivity index (χ0v) is 12.8. The van der Waals surface area contributed by atoms with Crippen molar-refractivity contribution in [3.05, 3.63) is 11.6 Å². The SMILES string of the molecule is c1csc(N2CCN(CCNCC3CCOC3)CC2)n1. The van der Waals surface area contributed by atoms with E-state index in [0.717, 1.165) is 64.9 Å². The summed E-state index contributed by atoms with van der Waals surface area (Å²) in [6.07, 6.45) is 3.11. The van der Waals surface area contributed by atoms with Crippen LogP contribution < -0.4 is 10.2 Å². The van der Waals surface area contributed by atoms with E-state index in [0.29, 0.717) is 0 Å². The molecule has 1 aromatic heterocycles. The first kappa shape index (κ1) is 14.3. The number of nitrogens with zero attached hydrogens (tertiary/aromatic N) is 3. The van der Waals surface area contributed by atoms with Crippen molar-refractivity contribution in [3.63, 3.8) is 0 Å². The summed E-state index contributed by atoms with van der Waals surface area (Å²) < 4.78 is 5.39. The van der Waals surface area contributed by atoms with Crippen molar-refractivity contribution in [1.82, 2.24) is 15.2 Å². The third-order valence-corrected chi connectivity index (χ3v) is 4.96. The Bertz CT molecular complexity index is 373. The van der Waals surface area contributed by atoms with E-state index in [1.807, 2.05) is 6.20 Å². The fourth-order valence-electron chi connectivity index (χ4n) is 2.82. The number of rotatable bonds is 6. The second kappa shape index (κ2) is 7.36. The number of ether oxygens (including phenoxy) is 1. The van der Waals surface area contributed by atoms with E-state index in [9.17, 15) is 0 Å². The van der Waals surface area contributed by atoms with Crippen molar-refractivity contribution < 1.29 is 4.74 Å². The van der Waals surface area contributed by atoms with Gasteiger partial charge in [0.15, 0.2) is 5.13 Å². The molecule has 5 nitrogen and oxygen atoms in total. The highest BCUT2D eigenvalue weighted by Gasteiger charge is 2.18. The van der Waals surface area contributed by atoms with Crippen molar-refractivity contribution >= 4 is 16.5 Å². The maximum absolute atomic E-state index is 5.39. The van der Waals surface area contributed by atoms with Gasteiger partial charge in [-0.15, -0.1) is 11.3 Å². The summed E-state index contributed by atoms with van der Waals surface area (Å²) in [5.41, 5.74) is 0. The Morgan fingerprint density at radius 1 is 1.35 bits per heavy atom. The molecule has 0 radical (unpaired) electrons. The number of thiazole rings is 1. The van der Waals surface area contributed by atoms with Gasteiger partial charge < -0.3 is 15.0 Å². The molecule has 0 spiro atoms. The minimum Gasteiger partial charge on any atom is -0.381 e. The Kier molecular flexibility index (Phi) is 5.24. The lowest BCUT2D eigenvalue weighted by Gasteiger charge is -2.34. The quantitative estimate of drug-likeness (QED) is 0.790. The molecule has 3 rings (SSSR count). The maximum Gasteiger partial charge on any atom is 0.185 e. The fraction of sp³-hybridized carbons (Fsp3) is 0.786. The maximum atomic E-state index is 5.39. The third kappa shape index (κ3) is 3.91. The Hall–Kier alpha value is -0.690. The van der Waals surface area contributed by atoms with Crippen molar-refractivity contribution in [2.75, 3.05) is 63.9 Å². The van der Waals surface area contributed by atoms with Crippen molar-refractivity contribution in [3.8, 4) is 0 Å². The predicted molar refractivity (Wildman–Crippen MR) is 82.6 cm³/mol. The van der Waals surface area contributed by atoms with E-state index in [-0.39, 0.29) is 0 Å². The lowest BCUT2D eigenvalue weighted by Crippen LogP contribution is -2.48. The van der Waals surface area contributed by atoms with Gasteiger partial charge in [-0.25, -0.2) is 4.98 Å². The van der Waals surface area contributed by atoms with E-state index in [1.165, 1.54) is 11.6 Å². The Balaban J connectivity index is 1.28. The van der Waals surface area contributed by atoms with Gasteiger partial charge in [0.05, 0.1) is 6.61 Å². The van der Waals surface area contributed by atoms with E-state index in [4.69, 9.17) is 4.74 Å². The van der Waals surface area contributed by atoms with E-state index >= 15 is 0 Å². The van der Waals surface area contributed by atoms with Crippen molar-refractivity contribution in [1.29, 1.82) is 0 Å². The summed E-state index contributed by atoms with van der Waals surface area (Å²) in [6, 6.07) is 0. The molecule has 0 saturated carbocycles. The van der Waals surface area contributed by atoms with Crippen LogP contribution in [0.25, 0.3) is 0 Å². The average Bonchev–Trinajstić information content (AvgIpc) is 3.17. The lowest BCUT2D eigenvalue weighted by molar-refractivity contribution is 0.184. The number of piperazine rings is 1. The summed E-state index contributed by atoms with van der Waals surface area (Å²) in [7, 11) is 0. The van der Waals surface area contributed by atoms with Gasteiger partial charge in [0.1, 0.15) is 0 Å². The van der Waals surface area contributed by atoms with Gasteiger partial charge >= 0.3 is 0 Å². The number of nitrogens with one attached hydrogen (secondary N) is 1. The van der Waals surface area contributed by atoms with Gasteiger partial charge in [0, 0.05) is 64.0 Å². The summed E-state index contributed by atoms with van der Waals surface area (Å²) in [5, 5.41) is 6.79. The lowest BCUT2D eigenvalue weighted by atomic mass is 10.1. The van der Waals surface area contributed by atoms with Crippen LogP contribution in [0.5, 0.6) is 0 Å². The monoisotopic (exact) mass is 296 g/mol. The summed E-state index contributed by atoms with van der Waals surface area (Å²) in [4.78, 5) is 9.32. The van der Waals surface area contributed by atoms with Crippen LogP contribution in [0.4, 0.5) is 5.13 Å². The van der Waals surface area contributed by atoms with Crippen molar-refractivity contribution in [2.45, 2.75) is 6.42 Å². The van der Waals surface area contributed by atoms with E-state index in [2.05, 4.69) is 25.5 Å². The number of hydrogen-bond donors (Lipinski definition) is 1. The smallest absolute Gasteiger partial charge is 0.185 e. The summed E-state index contributed by atoms with van der Waals surface area (Å²) in [6.45, 7) is 9.74. The fourth-order valence-corrected chi connectivity index (χ4v) is 3.52. The van der Waals surface area contributed by atoms with Crippen LogP contribution in [-0.2, 0) is 4.74 Å². The molecule has 1 aromatic rings. The molecular formula is C14H24N4OS. The Morgan fingerprint density at radius 3 is 2.95 bits per heavy atom. The number of hydrogen-bond acceptors (Lipinski definition) is 6. The van der Waals surface area contributed by atoms with Gasteiger partial charge in [-0.3, -0.25) is 4.90 Å². The molecule has 6 heteroatoms. The Labute approximate surface area is 124 Å². The van der Waals surface area contributed by atoms with Crippen LogP contribution in [-0.4, -0.2) is 68.9 Å². The average molecular weight is 296 g/mol. The first-order chi connectivity index (χ1) is 9.92. The molecule has 0 aliphatic carbocycles. The molecule has 0 amide bonds. The number of anilines is 1. The first-order valence-electron chi connectivity index (χ1n) is 7.57. The zero-order chi connectivity index (χ0) is 13.6. The molecular weight excluding hydrogens is 272 g/mol. The normalized spacial score (nSPS) is 24.4. The van der Waals surface area contributed by atoms with Gasteiger partial charge in [0.2, 0.25) is 0 Å². The highest BCUT2D eigenvalue weighted by molar-refractivity contribution is 7.13. The molecule has 2 aliphatic rings. The minimum atomic E-state index is 0.733. The topological polar surface area (TPSA) is 40.6 Å². The van der Waals surface area contributed by atoms with Crippen LogP contribution in [0.2, 0.25) is 0 Å². The van der Waals surface area contributed by atoms with Crippen LogP contribution in [0, 0.1) is 5.92 Å². The van der Waals surface area contributed by atoms with Crippen LogP contribution >= 0.6 is 11.3 Å². The molecule has 1 N–H and O–H groups in total. The largest absolute Gasteiger partial charge is 0.381 e. The van der Waals surface area contributed by atoms with Gasteiger partial charge in [0.25, 0.3) is 0 Å². The number of aromatic nitrogens is 1. The standard InChI is InChI=1S/C14H24N4OS/c1-9-19-12-13(1)11-15-2-4-17-5-7-18(8-6-17)14-16-3-10-20-14/h3,10,13,15H,1-2,4-9,11-12H2. The molecule has 1 unspecified atom stereocenters. The van der Waals surface area contributed by atoms with E-state index in [1.54, 1.807) is 11.3 Å². The van der Waals surface area contributed by atoms with Crippen LogP contribution in [0.3, 0.4) is 0 Å². The molecule has 112 valence electrons. The first-order valence-corrected chi connectivity index (χ1v) is 8.45. The molecule has 0 bridgehead atoms. The van der Waals surface area contributed by atoms with Crippen LogP contribution in [0.1, 0.15) is 6.42 Å². The third-order valence-electron chi connectivity index (χ3n) is 4.12. The van der Waals surface area contributed by atoms with Crippen LogP contribution in [0.15, 0.2) is 11.6 Å². The summed E-state index contributed by atoms with van der Waals surface area (Å²) >= 11 is 1.74. The molecule has 20 heavy (non-hydrogen) atoms. The van der Waals surface area contributed by atoms with Gasteiger partial charge in [-0.2, -0.15) is 0 Å². The highest BCUT2D eigenvalue weighted by Crippen LogP contribution is 2.18. The second-order valence-electron chi connectivity index (χ2n) is 5.58. The molecule has 0 aromatic carbocycles. The molecule has 2 saturated heterocycles. The van der Waals surface area contributed by atoms with Gasteiger partial charge in [-0.1, -0.05) is 0 Å². The molecule has 1 atom stereocenters. The summed E-state index contributed by atoms with van der Waals surface area (Å²) in [5.74, 6) is 0.733. The second-order valence-corrected chi connectivity index (χ2v) is 6.45. The Morgan fingerprint density at radius 2 is 2.25 bits per heavy atom. The molecule has 2 aliphatic heterocycles. The minimum absolute atomic E-state index is 0.733. The van der Waals surface area contributed by atoms with E-state index < -0.39 is 0 Å². The molecule has 2 fully saturated rings. The van der Waals surface area contributed by atoms with Gasteiger partial charge in [-0.05, 0) is 12.3 Å². The highest BCUT2D eigenvalue weighted by atomic mass is 32.1.